The lowest BCUT2D eigenvalue weighted by Crippen LogP contribution is -2.27. The Labute approximate surface area is 227 Å². The molecule has 212 valence electrons. The molecule has 1 amide bonds. The number of hydrogen-bond donors (Lipinski definition) is 5. The van der Waals surface area contributed by atoms with Crippen LogP contribution in [0.25, 0.3) is 0 Å². The Balaban J connectivity index is 1.85. The molecule has 0 atom stereocenters. The molecule has 6 N–H and O–H groups in total. The van der Waals surface area contributed by atoms with E-state index in [9.17, 15) is 4.79 Å². The van der Waals surface area contributed by atoms with Crippen LogP contribution in [-0.2, 0) is 9.47 Å². The number of carbonyl (C=O) groups excluding carboxylic acids is 1. The summed E-state index contributed by atoms with van der Waals surface area (Å²) in [6, 6.07) is 7.34. The van der Waals surface area contributed by atoms with E-state index in [1.807, 2.05) is 26.0 Å². The molecule has 38 heavy (non-hydrogen) atoms. The van der Waals surface area contributed by atoms with E-state index in [2.05, 4.69) is 43.1 Å². The van der Waals surface area contributed by atoms with Gasteiger partial charge in [0.05, 0.1) is 26.4 Å². The van der Waals surface area contributed by atoms with Gasteiger partial charge in [0.25, 0.3) is 5.91 Å². The molecule has 0 aliphatic heterocycles. The molecular formula is C27H46N8O3. The van der Waals surface area contributed by atoms with E-state index >= 15 is 0 Å². The molecule has 0 aliphatic carbocycles. The summed E-state index contributed by atoms with van der Waals surface area (Å²) in [7, 11) is 0. The Morgan fingerprint density at radius 1 is 0.842 bits per heavy atom. The number of rotatable bonds is 21. The van der Waals surface area contributed by atoms with E-state index in [0.717, 1.165) is 18.7 Å². The Morgan fingerprint density at radius 2 is 1.50 bits per heavy atom. The second-order valence-electron chi connectivity index (χ2n) is 9.27. The number of benzene rings is 1. The number of unbranched alkanes of at least 4 members (excludes halogenated alkanes) is 5. The van der Waals surface area contributed by atoms with Gasteiger partial charge in [0, 0.05) is 36.9 Å². The predicted octanol–water partition coefficient (Wildman–Crippen LogP) is 3.93. The Bertz CT molecular complexity index is 912. The Hall–Kier alpha value is -3.02. The van der Waals surface area contributed by atoms with Crippen molar-refractivity contribution in [3.8, 4) is 0 Å². The van der Waals surface area contributed by atoms with Gasteiger partial charge in [0.2, 0.25) is 17.8 Å². The van der Waals surface area contributed by atoms with Crippen molar-refractivity contribution in [1.29, 1.82) is 0 Å². The summed E-state index contributed by atoms with van der Waals surface area (Å²) >= 11 is 0. The maximum atomic E-state index is 12.4. The van der Waals surface area contributed by atoms with Gasteiger partial charge in [-0.15, -0.1) is 0 Å². The number of anilines is 4. The zero-order valence-corrected chi connectivity index (χ0v) is 23.2. The molecular weight excluding hydrogens is 484 g/mol. The van der Waals surface area contributed by atoms with Crippen molar-refractivity contribution in [3.05, 3.63) is 29.8 Å². The van der Waals surface area contributed by atoms with Crippen LogP contribution in [0.2, 0.25) is 0 Å². The summed E-state index contributed by atoms with van der Waals surface area (Å²) in [6.07, 6.45) is 7.36. The van der Waals surface area contributed by atoms with Crippen LogP contribution in [-0.4, -0.2) is 73.0 Å². The standard InChI is InChI=1S/C27H46N8O3/c1-4-5-6-7-8-9-15-30-25-33-26(31-21(2)3)35-27(34-25)32-23-12-10-22(11-13-23)24(36)29-16-18-38-20-19-37-17-14-28/h10-13,21H,4-9,14-20,28H2,1-3H3,(H,29,36)(H3,30,31,32,33,34,35). The normalized spacial score (nSPS) is 11.0. The third-order valence-electron chi connectivity index (χ3n) is 5.44. The summed E-state index contributed by atoms with van der Waals surface area (Å²) in [4.78, 5) is 25.9. The fourth-order valence-corrected chi connectivity index (χ4v) is 3.52. The van der Waals surface area contributed by atoms with Gasteiger partial charge in [-0.1, -0.05) is 39.0 Å². The first-order valence-electron chi connectivity index (χ1n) is 13.8. The zero-order chi connectivity index (χ0) is 27.4. The minimum atomic E-state index is -0.163. The number of nitrogens with zero attached hydrogens (tertiary/aromatic N) is 3. The van der Waals surface area contributed by atoms with Crippen molar-refractivity contribution >= 4 is 29.4 Å². The number of carbonyl (C=O) groups is 1. The second-order valence-corrected chi connectivity index (χ2v) is 9.27. The molecule has 0 saturated heterocycles. The molecule has 0 saturated carbocycles. The van der Waals surface area contributed by atoms with Crippen molar-refractivity contribution in [3.63, 3.8) is 0 Å². The average molecular weight is 531 g/mol. The lowest BCUT2D eigenvalue weighted by Gasteiger charge is -2.13. The Morgan fingerprint density at radius 3 is 2.21 bits per heavy atom. The fourth-order valence-electron chi connectivity index (χ4n) is 3.52. The Kier molecular flexibility index (Phi) is 15.7. The highest BCUT2D eigenvalue weighted by Crippen LogP contribution is 2.17. The van der Waals surface area contributed by atoms with Gasteiger partial charge in [-0.2, -0.15) is 15.0 Å². The number of amides is 1. The van der Waals surface area contributed by atoms with Gasteiger partial charge in [-0.05, 0) is 44.5 Å². The van der Waals surface area contributed by atoms with E-state index in [0.29, 0.717) is 62.9 Å². The molecule has 1 aromatic heterocycles. The smallest absolute Gasteiger partial charge is 0.251 e. The van der Waals surface area contributed by atoms with E-state index in [-0.39, 0.29) is 11.9 Å². The third-order valence-corrected chi connectivity index (χ3v) is 5.44. The number of aromatic nitrogens is 3. The highest BCUT2D eigenvalue weighted by atomic mass is 16.5. The zero-order valence-electron chi connectivity index (χ0n) is 23.2. The maximum absolute atomic E-state index is 12.4. The monoisotopic (exact) mass is 530 g/mol. The molecule has 1 aromatic carbocycles. The number of nitrogens with one attached hydrogen (secondary N) is 4. The van der Waals surface area contributed by atoms with Crippen LogP contribution >= 0.6 is 0 Å². The first kappa shape index (κ1) is 31.2. The molecule has 0 fully saturated rings. The predicted molar refractivity (Wildman–Crippen MR) is 153 cm³/mol. The molecule has 0 spiro atoms. The van der Waals surface area contributed by atoms with Crippen molar-refractivity contribution < 1.29 is 14.3 Å². The lowest BCUT2D eigenvalue weighted by atomic mass is 10.1. The molecule has 11 nitrogen and oxygen atoms in total. The van der Waals surface area contributed by atoms with Crippen LogP contribution in [0.3, 0.4) is 0 Å². The molecule has 2 aromatic rings. The molecule has 0 bridgehead atoms. The fraction of sp³-hybridized carbons (Fsp3) is 0.630. The van der Waals surface area contributed by atoms with Crippen LogP contribution in [0.5, 0.6) is 0 Å². The molecule has 0 radical (unpaired) electrons. The van der Waals surface area contributed by atoms with E-state index in [4.69, 9.17) is 15.2 Å². The van der Waals surface area contributed by atoms with Crippen LogP contribution in [0.15, 0.2) is 24.3 Å². The summed E-state index contributed by atoms with van der Waals surface area (Å²) in [5.74, 6) is 1.30. The topological polar surface area (TPSA) is 148 Å². The van der Waals surface area contributed by atoms with E-state index in [1.54, 1.807) is 12.1 Å². The minimum absolute atomic E-state index is 0.163. The molecule has 0 unspecified atom stereocenters. The first-order valence-corrected chi connectivity index (χ1v) is 13.8. The van der Waals surface area contributed by atoms with Crippen LogP contribution in [0.1, 0.15) is 69.7 Å². The van der Waals surface area contributed by atoms with Crippen LogP contribution in [0.4, 0.5) is 23.5 Å². The highest BCUT2D eigenvalue weighted by molar-refractivity contribution is 5.94. The SMILES string of the molecule is CCCCCCCCNc1nc(Nc2ccc(C(=O)NCCOCCOCCN)cc2)nc(NC(C)C)n1. The summed E-state index contributed by atoms with van der Waals surface area (Å²) < 4.78 is 10.7. The first-order chi connectivity index (χ1) is 18.5. The molecule has 2 rings (SSSR count). The van der Waals surface area contributed by atoms with E-state index < -0.39 is 0 Å². The maximum Gasteiger partial charge on any atom is 0.251 e. The van der Waals surface area contributed by atoms with Crippen LogP contribution < -0.4 is 27.0 Å². The van der Waals surface area contributed by atoms with Gasteiger partial charge in [-0.3, -0.25) is 4.79 Å². The summed E-state index contributed by atoms with van der Waals surface area (Å²) in [5.41, 5.74) is 6.68. The highest BCUT2D eigenvalue weighted by Gasteiger charge is 2.09. The van der Waals surface area contributed by atoms with Crippen molar-refractivity contribution in [2.24, 2.45) is 5.73 Å². The minimum Gasteiger partial charge on any atom is -0.378 e. The second kappa shape index (κ2) is 19.1. The average Bonchev–Trinajstić information content (AvgIpc) is 2.89. The van der Waals surface area contributed by atoms with Crippen molar-refractivity contribution in [1.82, 2.24) is 20.3 Å². The number of hydrogen-bond acceptors (Lipinski definition) is 10. The number of ether oxygens (including phenoxy) is 2. The van der Waals surface area contributed by atoms with Gasteiger partial charge < -0.3 is 36.5 Å². The van der Waals surface area contributed by atoms with Gasteiger partial charge in [0.15, 0.2) is 0 Å². The number of nitrogens with two attached hydrogens (primary N) is 1. The van der Waals surface area contributed by atoms with E-state index in [1.165, 1.54) is 32.1 Å². The van der Waals surface area contributed by atoms with Gasteiger partial charge >= 0.3 is 0 Å². The van der Waals surface area contributed by atoms with Crippen molar-refractivity contribution in [2.45, 2.75) is 65.3 Å². The van der Waals surface area contributed by atoms with Crippen LogP contribution in [0, 0.1) is 0 Å². The van der Waals surface area contributed by atoms with Crippen molar-refractivity contribution in [2.75, 3.05) is 62.0 Å². The molecule has 1 heterocycles. The third kappa shape index (κ3) is 13.5. The quantitative estimate of drug-likeness (QED) is 0.150. The van der Waals surface area contributed by atoms with Gasteiger partial charge in [0.1, 0.15) is 0 Å². The summed E-state index contributed by atoms with van der Waals surface area (Å²) in [6.45, 7) is 9.92. The largest absolute Gasteiger partial charge is 0.378 e. The van der Waals surface area contributed by atoms with Gasteiger partial charge in [-0.25, -0.2) is 0 Å². The molecule has 0 aliphatic rings. The summed E-state index contributed by atoms with van der Waals surface area (Å²) in [5, 5.41) is 12.6. The lowest BCUT2D eigenvalue weighted by molar-refractivity contribution is 0.0511. The molecule has 11 heteroatoms.